The summed E-state index contributed by atoms with van der Waals surface area (Å²) in [5.74, 6) is -0.909. The zero-order chi connectivity index (χ0) is 14.7. The fraction of sp³-hybridized carbons (Fsp3) is 0.188. The second-order valence-corrected chi connectivity index (χ2v) is 5.15. The van der Waals surface area contributed by atoms with Crippen LogP contribution in [0.25, 0.3) is 0 Å². The van der Waals surface area contributed by atoms with Crippen LogP contribution in [0, 0.1) is 13.8 Å². The lowest BCUT2D eigenvalue weighted by Crippen LogP contribution is -2.21. The molecule has 0 aliphatic carbocycles. The zero-order valence-electron chi connectivity index (χ0n) is 11.4. The smallest absolute Gasteiger partial charge is 0.330 e. The van der Waals surface area contributed by atoms with E-state index in [-0.39, 0.29) is 0 Å². The maximum atomic E-state index is 11.5. The lowest BCUT2D eigenvalue weighted by molar-refractivity contribution is -0.138. The normalized spacial score (nSPS) is 11.9. The van der Waals surface area contributed by atoms with Crippen molar-refractivity contribution in [2.75, 3.05) is 5.32 Å². The van der Waals surface area contributed by atoms with E-state index < -0.39 is 12.0 Å². The van der Waals surface area contributed by atoms with E-state index in [0.717, 1.165) is 22.4 Å². The molecule has 0 bridgehead atoms. The Bertz CT molecular complexity index is 623. The number of hydrogen-bond acceptors (Lipinski definition) is 2. The van der Waals surface area contributed by atoms with Gasteiger partial charge in [-0.1, -0.05) is 29.8 Å². The van der Waals surface area contributed by atoms with Crippen LogP contribution >= 0.6 is 11.6 Å². The molecule has 0 saturated heterocycles. The average molecular weight is 290 g/mol. The number of carbonyl (C=O) groups is 1. The summed E-state index contributed by atoms with van der Waals surface area (Å²) in [6.45, 7) is 3.91. The van der Waals surface area contributed by atoms with E-state index >= 15 is 0 Å². The number of nitrogens with one attached hydrogen (secondary N) is 1. The van der Waals surface area contributed by atoms with Crippen LogP contribution in [0.15, 0.2) is 42.5 Å². The molecule has 0 heterocycles. The Kier molecular flexibility index (Phi) is 4.30. The molecule has 0 radical (unpaired) electrons. The van der Waals surface area contributed by atoms with Crippen molar-refractivity contribution in [2.45, 2.75) is 19.9 Å². The second kappa shape index (κ2) is 5.97. The van der Waals surface area contributed by atoms with E-state index in [4.69, 9.17) is 11.6 Å². The summed E-state index contributed by atoms with van der Waals surface area (Å²) < 4.78 is 0. The second-order valence-electron chi connectivity index (χ2n) is 4.71. The van der Waals surface area contributed by atoms with Crippen LogP contribution < -0.4 is 5.32 Å². The number of carboxylic acid groups (broad SMARTS) is 1. The highest BCUT2D eigenvalue weighted by atomic mass is 35.5. The lowest BCUT2D eigenvalue weighted by Gasteiger charge is -2.19. The highest BCUT2D eigenvalue weighted by Gasteiger charge is 2.21. The number of benzene rings is 2. The molecule has 0 fully saturated rings. The van der Waals surface area contributed by atoms with E-state index in [1.165, 1.54) is 0 Å². The first-order chi connectivity index (χ1) is 9.49. The average Bonchev–Trinajstić information content (AvgIpc) is 2.41. The van der Waals surface area contributed by atoms with E-state index in [0.29, 0.717) is 5.02 Å². The monoisotopic (exact) mass is 289 g/mol. The Hall–Kier alpha value is -2.00. The van der Waals surface area contributed by atoms with Crippen molar-refractivity contribution in [3.8, 4) is 0 Å². The van der Waals surface area contributed by atoms with E-state index in [2.05, 4.69) is 5.32 Å². The first-order valence-electron chi connectivity index (χ1n) is 6.30. The molecule has 0 spiro atoms. The summed E-state index contributed by atoms with van der Waals surface area (Å²) in [4.78, 5) is 11.5. The molecule has 0 aliphatic rings. The Morgan fingerprint density at radius 3 is 2.40 bits per heavy atom. The molecule has 4 heteroatoms. The van der Waals surface area contributed by atoms with Crippen LogP contribution in [-0.2, 0) is 4.79 Å². The molecule has 104 valence electrons. The molecule has 20 heavy (non-hydrogen) atoms. The number of aryl methyl sites for hydroxylation is 1. The van der Waals surface area contributed by atoms with Gasteiger partial charge < -0.3 is 10.4 Å². The molecule has 2 aromatic rings. The Balaban J connectivity index is 2.34. The summed E-state index contributed by atoms with van der Waals surface area (Å²) in [5.41, 5.74) is 3.56. The van der Waals surface area contributed by atoms with Gasteiger partial charge in [-0.2, -0.15) is 0 Å². The van der Waals surface area contributed by atoms with E-state index in [9.17, 15) is 9.90 Å². The topological polar surface area (TPSA) is 49.3 Å². The summed E-state index contributed by atoms with van der Waals surface area (Å²) in [7, 11) is 0. The van der Waals surface area contributed by atoms with Gasteiger partial charge in [-0.25, -0.2) is 4.79 Å². The molecule has 0 saturated carbocycles. The lowest BCUT2D eigenvalue weighted by atomic mass is 9.97. The van der Waals surface area contributed by atoms with Crippen molar-refractivity contribution in [3.63, 3.8) is 0 Å². The molecule has 2 N–H and O–H groups in total. The van der Waals surface area contributed by atoms with Gasteiger partial charge in [0.15, 0.2) is 6.04 Å². The number of halogens is 1. The summed E-state index contributed by atoms with van der Waals surface area (Å²) >= 11 is 5.83. The fourth-order valence-electron chi connectivity index (χ4n) is 2.07. The first-order valence-corrected chi connectivity index (χ1v) is 6.68. The van der Waals surface area contributed by atoms with Gasteiger partial charge in [0.25, 0.3) is 0 Å². The van der Waals surface area contributed by atoms with Gasteiger partial charge in [0.05, 0.1) is 0 Å². The number of aliphatic carboxylic acids is 1. The first kappa shape index (κ1) is 14.4. The number of hydrogen-bond donors (Lipinski definition) is 2. The molecule has 1 atom stereocenters. The predicted molar refractivity (Wildman–Crippen MR) is 81.4 cm³/mol. The standard InChI is InChI=1S/C16H16ClNO2/c1-10-4-3-5-14(11(10)2)15(16(19)20)18-13-8-6-12(17)7-9-13/h3-9,15,18H,1-2H3,(H,19,20). The van der Waals surface area contributed by atoms with Crippen LogP contribution in [-0.4, -0.2) is 11.1 Å². The van der Waals surface area contributed by atoms with Gasteiger partial charge in [-0.15, -0.1) is 0 Å². The number of carboxylic acids is 1. The Morgan fingerprint density at radius 2 is 1.80 bits per heavy atom. The molecule has 2 aromatic carbocycles. The van der Waals surface area contributed by atoms with Crippen molar-refractivity contribution in [1.29, 1.82) is 0 Å². The minimum absolute atomic E-state index is 0.620. The number of anilines is 1. The van der Waals surface area contributed by atoms with E-state index in [1.807, 2.05) is 32.0 Å². The SMILES string of the molecule is Cc1cccc(C(Nc2ccc(Cl)cc2)C(=O)O)c1C. The predicted octanol–water partition coefficient (Wildman–Crippen LogP) is 4.19. The van der Waals surface area contributed by atoms with Crippen LogP contribution in [0.1, 0.15) is 22.7 Å². The van der Waals surface area contributed by atoms with Crippen LogP contribution in [0.5, 0.6) is 0 Å². The third-order valence-electron chi connectivity index (χ3n) is 3.36. The molecular weight excluding hydrogens is 274 g/mol. The van der Waals surface area contributed by atoms with Crippen LogP contribution in [0.4, 0.5) is 5.69 Å². The maximum Gasteiger partial charge on any atom is 0.330 e. The number of rotatable bonds is 4. The van der Waals surface area contributed by atoms with Gasteiger partial charge >= 0.3 is 5.97 Å². The Labute approximate surface area is 123 Å². The molecule has 0 aliphatic heterocycles. The highest BCUT2D eigenvalue weighted by Crippen LogP contribution is 2.25. The zero-order valence-corrected chi connectivity index (χ0v) is 12.1. The molecule has 0 amide bonds. The third-order valence-corrected chi connectivity index (χ3v) is 3.61. The quantitative estimate of drug-likeness (QED) is 0.887. The molecule has 2 rings (SSSR count). The highest BCUT2D eigenvalue weighted by molar-refractivity contribution is 6.30. The molecule has 3 nitrogen and oxygen atoms in total. The largest absolute Gasteiger partial charge is 0.479 e. The third kappa shape index (κ3) is 3.11. The van der Waals surface area contributed by atoms with Crippen LogP contribution in [0.3, 0.4) is 0 Å². The minimum Gasteiger partial charge on any atom is -0.479 e. The van der Waals surface area contributed by atoms with Crippen molar-refractivity contribution < 1.29 is 9.90 Å². The van der Waals surface area contributed by atoms with E-state index in [1.54, 1.807) is 24.3 Å². The molecular formula is C16H16ClNO2. The molecule has 1 unspecified atom stereocenters. The summed E-state index contributed by atoms with van der Waals surface area (Å²) in [6.07, 6.45) is 0. The molecule has 0 aromatic heterocycles. The maximum absolute atomic E-state index is 11.5. The van der Waals surface area contributed by atoms with Gasteiger partial charge in [-0.3, -0.25) is 0 Å². The van der Waals surface area contributed by atoms with Crippen molar-refractivity contribution >= 4 is 23.3 Å². The van der Waals surface area contributed by atoms with Gasteiger partial charge in [0.1, 0.15) is 0 Å². The van der Waals surface area contributed by atoms with Gasteiger partial charge in [-0.05, 0) is 54.8 Å². The fourth-order valence-corrected chi connectivity index (χ4v) is 2.20. The Morgan fingerprint density at radius 1 is 1.15 bits per heavy atom. The van der Waals surface area contributed by atoms with Crippen molar-refractivity contribution in [2.24, 2.45) is 0 Å². The van der Waals surface area contributed by atoms with Gasteiger partial charge in [0, 0.05) is 10.7 Å². The van der Waals surface area contributed by atoms with Gasteiger partial charge in [0.2, 0.25) is 0 Å². The minimum atomic E-state index is -0.909. The van der Waals surface area contributed by atoms with Crippen molar-refractivity contribution in [1.82, 2.24) is 0 Å². The van der Waals surface area contributed by atoms with Crippen LogP contribution in [0.2, 0.25) is 5.02 Å². The summed E-state index contributed by atoms with van der Waals surface area (Å²) in [6, 6.07) is 11.9. The van der Waals surface area contributed by atoms with Crippen molar-refractivity contribution in [3.05, 3.63) is 64.2 Å². The summed E-state index contributed by atoms with van der Waals surface area (Å²) in [5, 5.41) is 13.1.